The van der Waals surface area contributed by atoms with E-state index in [2.05, 4.69) is 10.3 Å². The SMILES string of the molecule is COC(=O)CCc1c(C(=O)OC(C)(C)C)[nH]c(/C=C2\NC(=O)CC2(C)C)c1C. The second-order valence-corrected chi connectivity index (χ2v) is 8.76. The van der Waals surface area contributed by atoms with E-state index in [-0.39, 0.29) is 23.7 Å². The van der Waals surface area contributed by atoms with Gasteiger partial charge in [0.1, 0.15) is 11.3 Å². The largest absolute Gasteiger partial charge is 0.469 e. The van der Waals surface area contributed by atoms with E-state index < -0.39 is 11.6 Å². The maximum absolute atomic E-state index is 12.7. The summed E-state index contributed by atoms with van der Waals surface area (Å²) in [6, 6.07) is 0. The van der Waals surface area contributed by atoms with Crippen LogP contribution in [0.4, 0.5) is 0 Å². The second kappa shape index (κ2) is 7.81. The molecule has 0 bridgehead atoms. The lowest BCUT2D eigenvalue weighted by Crippen LogP contribution is -2.24. The molecule has 7 heteroatoms. The first kappa shape index (κ1) is 21.7. The monoisotopic (exact) mass is 390 g/mol. The minimum Gasteiger partial charge on any atom is -0.469 e. The fourth-order valence-electron chi connectivity index (χ4n) is 3.18. The number of allylic oxidation sites excluding steroid dienone is 1. The van der Waals surface area contributed by atoms with Gasteiger partial charge in [0.25, 0.3) is 0 Å². The molecule has 1 aromatic heterocycles. The predicted octanol–water partition coefficient (Wildman–Crippen LogP) is 3.27. The summed E-state index contributed by atoms with van der Waals surface area (Å²) in [5.74, 6) is -0.853. The average molecular weight is 390 g/mol. The van der Waals surface area contributed by atoms with Gasteiger partial charge >= 0.3 is 11.9 Å². The minimum atomic E-state index is -0.643. The van der Waals surface area contributed by atoms with Gasteiger partial charge in [-0.1, -0.05) is 13.8 Å². The van der Waals surface area contributed by atoms with Crippen molar-refractivity contribution in [3.8, 4) is 0 Å². The molecule has 7 nitrogen and oxygen atoms in total. The van der Waals surface area contributed by atoms with Gasteiger partial charge in [0.15, 0.2) is 0 Å². The van der Waals surface area contributed by atoms with Crippen molar-refractivity contribution in [2.75, 3.05) is 7.11 Å². The van der Waals surface area contributed by atoms with Gasteiger partial charge in [-0.05, 0) is 51.3 Å². The van der Waals surface area contributed by atoms with Gasteiger partial charge in [-0.15, -0.1) is 0 Å². The number of carbonyl (C=O) groups excluding carboxylic acids is 3. The molecule has 2 heterocycles. The fourth-order valence-corrected chi connectivity index (χ4v) is 3.18. The van der Waals surface area contributed by atoms with Crippen LogP contribution < -0.4 is 5.32 Å². The molecule has 0 atom stereocenters. The molecule has 0 spiro atoms. The molecule has 1 fully saturated rings. The number of nitrogens with one attached hydrogen (secondary N) is 2. The van der Waals surface area contributed by atoms with Crippen molar-refractivity contribution in [2.24, 2.45) is 5.41 Å². The van der Waals surface area contributed by atoms with E-state index in [1.54, 1.807) is 20.8 Å². The van der Waals surface area contributed by atoms with Gasteiger partial charge in [-0.3, -0.25) is 9.59 Å². The molecule has 0 unspecified atom stereocenters. The maximum atomic E-state index is 12.7. The zero-order valence-corrected chi connectivity index (χ0v) is 17.7. The zero-order valence-electron chi connectivity index (χ0n) is 17.7. The number of carbonyl (C=O) groups is 3. The molecular weight excluding hydrogens is 360 g/mol. The van der Waals surface area contributed by atoms with Crippen LogP contribution in [0.3, 0.4) is 0 Å². The van der Waals surface area contributed by atoms with Crippen molar-refractivity contribution in [1.29, 1.82) is 0 Å². The third-order valence-corrected chi connectivity index (χ3v) is 4.72. The first-order chi connectivity index (χ1) is 12.8. The lowest BCUT2D eigenvalue weighted by atomic mass is 9.88. The van der Waals surface area contributed by atoms with Gasteiger partial charge in [0.2, 0.25) is 5.91 Å². The molecule has 0 aromatic carbocycles. The van der Waals surface area contributed by atoms with Gasteiger partial charge < -0.3 is 19.8 Å². The lowest BCUT2D eigenvalue weighted by Gasteiger charge is -2.19. The highest BCUT2D eigenvalue weighted by atomic mass is 16.6. The Labute approximate surface area is 165 Å². The number of ether oxygens (including phenoxy) is 2. The van der Waals surface area contributed by atoms with Crippen molar-refractivity contribution in [2.45, 2.75) is 66.4 Å². The fraction of sp³-hybridized carbons (Fsp3) is 0.571. The normalized spacial score (nSPS) is 17.5. The quantitative estimate of drug-likeness (QED) is 0.752. The van der Waals surface area contributed by atoms with E-state index in [4.69, 9.17) is 9.47 Å². The van der Waals surface area contributed by atoms with E-state index in [0.717, 1.165) is 11.3 Å². The number of esters is 2. The van der Waals surface area contributed by atoms with Crippen molar-refractivity contribution >= 4 is 23.9 Å². The highest BCUT2D eigenvalue weighted by Crippen LogP contribution is 2.36. The average Bonchev–Trinajstić information content (AvgIpc) is 2.99. The van der Waals surface area contributed by atoms with E-state index in [1.165, 1.54) is 7.11 Å². The molecule has 0 aliphatic carbocycles. The number of hydrogen-bond acceptors (Lipinski definition) is 5. The zero-order chi connectivity index (χ0) is 21.3. The summed E-state index contributed by atoms with van der Waals surface area (Å²) in [4.78, 5) is 39.3. The van der Waals surface area contributed by atoms with Crippen LogP contribution in [0.15, 0.2) is 5.70 Å². The number of aromatic amines is 1. The second-order valence-electron chi connectivity index (χ2n) is 8.76. The van der Waals surface area contributed by atoms with E-state index in [0.29, 0.717) is 29.8 Å². The van der Waals surface area contributed by atoms with Crippen LogP contribution in [-0.4, -0.2) is 35.5 Å². The number of aromatic nitrogens is 1. The minimum absolute atomic E-state index is 0.0289. The van der Waals surface area contributed by atoms with Crippen molar-refractivity contribution in [3.63, 3.8) is 0 Å². The first-order valence-electron chi connectivity index (χ1n) is 9.37. The summed E-state index contributed by atoms with van der Waals surface area (Å²) < 4.78 is 10.2. The summed E-state index contributed by atoms with van der Waals surface area (Å²) in [5.41, 5.74) is 2.43. The molecular formula is C21H30N2O5. The standard InChI is InChI=1S/C21H30N2O5/c1-12-13(8-9-17(25)27-7)18(19(26)28-20(2,3)4)22-14(12)10-15-21(5,6)11-16(24)23-15/h10,22H,8-9,11H2,1-7H3,(H,23,24)/b15-10-. The van der Waals surface area contributed by atoms with Crippen LogP contribution in [-0.2, 0) is 25.5 Å². The van der Waals surface area contributed by atoms with Crippen molar-refractivity contribution in [1.82, 2.24) is 10.3 Å². The highest BCUT2D eigenvalue weighted by molar-refractivity contribution is 5.91. The molecule has 1 aromatic rings. The summed E-state index contributed by atoms with van der Waals surface area (Å²) in [5, 5.41) is 2.89. The molecule has 0 radical (unpaired) electrons. The number of H-pyrrole nitrogens is 1. The van der Waals surface area contributed by atoms with Crippen LogP contribution in [0.1, 0.15) is 74.8 Å². The predicted molar refractivity (Wildman–Crippen MR) is 106 cm³/mol. The molecule has 2 N–H and O–H groups in total. The Bertz CT molecular complexity index is 825. The summed E-state index contributed by atoms with van der Waals surface area (Å²) in [7, 11) is 1.34. The molecule has 28 heavy (non-hydrogen) atoms. The Balaban J connectivity index is 2.46. The third kappa shape index (κ3) is 5.03. The molecule has 0 saturated carbocycles. The van der Waals surface area contributed by atoms with Crippen LogP contribution >= 0.6 is 0 Å². The molecule has 1 aliphatic rings. The molecule has 1 amide bonds. The molecule has 154 valence electrons. The maximum Gasteiger partial charge on any atom is 0.355 e. The van der Waals surface area contributed by atoms with E-state index in [9.17, 15) is 14.4 Å². The molecule has 1 aliphatic heterocycles. The van der Waals surface area contributed by atoms with E-state index in [1.807, 2.05) is 26.8 Å². The Kier molecular flexibility index (Phi) is 6.06. The summed E-state index contributed by atoms with van der Waals surface area (Å²) in [6.45, 7) is 11.3. The number of hydrogen-bond donors (Lipinski definition) is 2. The highest BCUT2D eigenvalue weighted by Gasteiger charge is 2.35. The Hall–Kier alpha value is -2.57. The van der Waals surface area contributed by atoms with E-state index >= 15 is 0 Å². The Morgan fingerprint density at radius 3 is 2.39 bits per heavy atom. The van der Waals surface area contributed by atoms with Crippen molar-refractivity contribution in [3.05, 3.63) is 28.2 Å². The first-order valence-corrected chi connectivity index (χ1v) is 9.37. The van der Waals surface area contributed by atoms with Crippen LogP contribution in [0.2, 0.25) is 0 Å². The molecule has 1 saturated heterocycles. The van der Waals surface area contributed by atoms with Gasteiger partial charge in [0, 0.05) is 29.6 Å². The third-order valence-electron chi connectivity index (χ3n) is 4.72. The Morgan fingerprint density at radius 1 is 1.25 bits per heavy atom. The van der Waals surface area contributed by atoms with Crippen LogP contribution in [0.5, 0.6) is 0 Å². The number of amides is 1. The number of rotatable bonds is 5. The smallest absolute Gasteiger partial charge is 0.355 e. The van der Waals surface area contributed by atoms with Crippen LogP contribution in [0.25, 0.3) is 6.08 Å². The van der Waals surface area contributed by atoms with Gasteiger partial charge in [-0.2, -0.15) is 0 Å². The summed E-state index contributed by atoms with van der Waals surface area (Å²) >= 11 is 0. The number of methoxy groups -OCH3 is 1. The van der Waals surface area contributed by atoms with Gasteiger partial charge in [0.05, 0.1) is 7.11 Å². The van der Waals surface area contributed by atoms with Gasteiger partial charge in [-0.25, -0.2) is 4.79 Å². The Morgan fingerprint density at radius 2 is 1.89 bits per heavy atom. The molecule has 2 rings (SSSR count). The van der Waals surface area contributed by atoms with Crippen LogP contribution in [0, 0.1) is 12.3 Å². The lowest BCUT2D eigenvalue weighted by molar-refractivity contribution is -0.140. The van der Waals surface area contributed by atoms with Crippen molar-refractivity contribution < 1.29 is 23.9 Å². The topological polar surface area (TPSA) is 97.5 Å². The summed E-state index contributed by atoms with van der Waals surface area (Å²) in [6.07, 6.45) is 2.77.